The molecule has 1 aromatic heterocycles. The normalized spacial score (nSPS) is 10.4. The molecule has 0 aliphatic rings. The van der Waals surface area contributed by atoms with Crippen molar-refractivity contribution in [3.05, 3.63) is 80.3 Å². The largest absolute Gasteiger partial charge is 0.298 e. The predicted octanol–water partition coefficient (Wildman–Crippen LogP) is 7.21. The molecular weight excluding hydrogens is 479 g/mol. The zero-order chi connectivity index (χ0) is 19.2. The standard InChI is InChI=1S/C21H20Cl2N2OS.BrH/c1-2-3-8-18-19(13-14-9-11-15(22)12-10-14)27-21(24-18)25-20(26)16-6-4-5-7-17(16)23;/h4-7,9-12H,2-3,8,13H2,1H3,(H,24,25,26);1H. The molecule has 0 saturated heterocycles. The summed E-state index contributed by atoms with van der Waals surface area (Å²) in [7, 11) is 0. The predicted molar refractivity (Wildman–Crippen MR) is 125 cm³/mol. The third kappa shape index (κ3) is 6.05. The number of anilines is 1. The van der Waals surface area contributed by atoms with Crippen LogP contribution in [-0.2, 0) is 12.8 Å². The topological polar surface area (TPSA) is 42.0 Å². The number of unbranched alkanes of at least 4 members (excludes halogenated alkanes) is 1. The number of aryl methyl sites for hydroxylation is 1. The van der Waals surface area contributed by atoms with Crippen molar-refractivity contribution in [1.29, 1.82) is 0 Å². The summed E-state index contributed by atoms with van der Waals surface area (Å²) in [5.74, 6) is -0.241. The van der Waals surface area contributed by atoms with Crippen molar-refractivity contribution in [3.8, 4) is 0 Å². The monoisotopic (exact) mass is 498 g/mol. The van der Waals surface area contributed by atoms with Crippen molar-refractivity contribution in [2.45, 2.75) is 32.6 Å². The molecule has 0 spiro atoms. The Balaban J connectivity index is 0.00000280. The third-order valence-corrected chi connectivity index (χ3v) is 5.76. The quantitative estimate of drug-likeness (QED) is 0.373. The van der Waals surface area contributed by atoms with Crippen LogP contribution < -0.4 is 5.32 Å². The molecule has 0 aliphatic heterocycles. The van der Waals surface area contributed by atoms with Crippen LogP contribution in [0.3, 0.4) is 0 Å². The lowest BCUT2D eigenvalue weighted by atomic mass is 10.1. The number of carbonyl (C=O) groups is 1. The summed E-state index contributed by atoms with van der Waals surface area (Å²) in [4.78, 5) is 18.4. The summed E-state index contributed by atoms with van der Waals surface area (Å²) in [5.41, 5.74) is 2.67. The van der Waals surface area contributed by atoms with Gasteiger partial charge < -0.3 is 0 Å². The maximum absolute atomic E-state index is 12.5. The highest BCUT2D eigenvalue weighted by Crippen LogP contribution is 2.28. The van der Waals surface area contributed by atoms with Crippen molar-refractivity contribution >= 4 is 62.6 Å². The van der Waals surface area contributed by atoms with E-state index in [0.717, 1.165) is 36.4 Å². The molecule has 0 atom stereocenters. The van der Waals surface area contributed by atoms with E-state index in [1.165, 1.54) is 21.8 Å². The molecule has 7 heteroatoms. The molecule has 3 aromatic rings. The fourth-order valence-electron chi connectivity index (χ4n) is 2.71. The number of hydrogen-bond donors (Lipinski definition) is 1. The highest BCUT2D eigenvalue weighted by molar-refractivity contribution is 8.93. The van der Waals surface area contributed by atoms with Gasteiger partial charge >= 0.3 is 0 Å². The fourth-order valence-corrected chi connectivity index (χ4v) is 4.10. The summed E-state index contributed by atoms with van der Waals surface area (Å²) in [5, 5.41) is 4.65. The highest BCUT2D eigenvalue weighted by Gasteiger charge is 2.16. The van der Waals surface area contributed by atoms with Gasteiger partial charge in [-0.3, -0.25) is 10.1 Å². The van der Waals surface area contributed by atoms with Gasteiger partial charge in [0.1, 0.15) is 0 Å². The number of aromatic nitrogens is 1. The zero-order valence-electron chi connectivity index (χ0n) is 15.4. The van der Waals surface area contributed by atoms with Crippen LogP contribution in [0.5, 0.6) is 0 Å². The van der Waals surface area contributed by atoms with E-state index in [2.05, 4.69) is 17.2 Å². The maximum atomic E-state index is 12.5. The van der Waals surface area contributed by atoms with Gasteiger partial charge in [-0.05, 0) is 42.7 Å². The van der Waals surface area contributed by atoms with E-state index in [0.29, 0.717) is 15.7 Å². The van der Waals surface area contributed by atoms with Crippen LogP contribution in [0.2, 0.25) is 10.0 Å². The van der Waals surface area contributed by atoms with E-state index in [1.807, 2.05) is 24.3 Å². The Hall–Kier alpha value is -1.40. The van der Waals surface area contributed by atoms with Crippen molar-refractivity contribution in [3.63, 3.8) is 0 Å². The molecule has 28 heavy (non-hydrogen) atoms. The average Bonchev–Trinajstić information content (AvgIpc) is 3.03. The Kier molecular flexibility index (Phi) is 8.96. The smallest absolute Gasteiger partial charge is 0.258 e. The highest BCUT2D eigenvalue weighted by atomic mass is 79.9. The van der Waals surface area contributed by atoms with Crippen molar-refractivity contribution in [2.24, 2.45) is 0 Å². The minimum Gasteiger partial charge on any atom is -0.298 e. The van der Waals surface area contributed by atoms with Gasteiger partial charge in [-0.1, -0.05) is 60.8 Å². The molecule has 0 aliphatic carbocycles. The zero-order valence-corrected chi connectivity index (χ0v) is 19.4. The number of nitrogens with one attached hydrogen (secondary N) is 1. The number of nitrogens with zero attached hydrogens (tertiary/aromatic N) is 1. The van der Waals surface area contributed by atoms with Gasteiger partial charge in [0.25, 0.3) is 5.91 Å². The number of rotatable bonds is 7. The first-order valence-corrected chi connectivity index (χ1v) is 10.4. The molecule has 3 nitrogen and oxygen atoms in total. The molecule has 1 amide bonds. The molecule has 0 fully saturated rings. The van der Waals surface area contributed by atoms with Crippen LogP contribution in [0.1, 0.15) is 46.3 Å². The fraction of sp³-hybridized carbons (Fsp3) is 0.238. The molecule has 0 radical (unpaired) electrons. The lowest BCUT2D eigenvalue weighted by Crippen LogP contribution is -2.12. The van der Waals surface area contributed by atoms with Crippen molar-refractivity contribution in [1.82, 2.24) is 4.98 Å². The molecule has 148 valence electrons. The number of benzene rings is 2. The second-order valence-electron chi connectivity index (χ2n) is 6.23. The second-order valence-corrected chi connectivity index (χ2v) is 8.16. The molecular formula is C21H21BrCl2N2OS. The lowest BCUT2D eigenvalue weighted by molar-refractivity contribution is 0.102. The molecule has 0 bridgehead atoms. The Morgan fingerprint density at radius 1 is 1.11 bits per heavy atom. The maximum Gasteiger partial charge on any atom is 0.258 e. The number of hydrogen-bond acceptors (Lipinski definition) is 3. The lowest BCUT2D eigenvalue weighted by Gasteiger charge is -2.03. The minimum absolute atomic E-state index is 0. The summed E-state index contributed by atoms with van der Waals surface area (Å²) < 4.78 is 0. The van der Waals surface area contributed by atoms with E-state index >= 15 is 0 Å². The number of carbonyl (C=O) groups excluding carboxylic acids is 1. The van der Waals surface area contributed by atoms with E-state index < -0.39 is 0 Å². The molecule has 1 heterocycles. The van der Waals surface area contributed by atoms with Gasteiger partial charge in [-0.25, -0.2) is 4.98 Å². The minimum atomic E-state index is -0.241. The Bertz CT molecular complexity index is 928. The third-order valence-electron chi connectivity index (χ3n) is 4.16. The first-order valence-electron chi connectivity index (χ1n) is 8.85. The summed E-state index contributed by atoms with van der Waals surface area (Å²) in [6.07, 6.45) is 3.84. The van der Waals surface area contributed by atoms with Crippen LogP contribution in [-0.4, -0.2) is 10.9 Å². The van der Waals surface area contributed by atoms with Crippen LogP contribution in [0.15, 0.2) is 48.5 Å². The van der Waals surface area contributed by atoms with Crippen LogP contribution in [0.25, 0.3) is 0 Å². The van der Waals surface area contributed by atoms with Crippen LogP contribution in [0, 0.1) is 0 Å². The van der Waals surface area contributed by atoms with E-state index in [1.54, 1.807) is 24.3 Å². The van der Waals surface area contributed by atoms with Gasteiger partial charge in [0.15, 0.2) is 5.13 Å². The van der Waals surface area contributed by atoms with Gasteiger partial charge in [0, 0.05) is 16.3 Å². The first-order chi connectivity index (χ1) is 13.1. The number of thiazole rings is 1. The van der Waals surface area contributed by atoms with Gasteiger partial charge in [-0.15, -0.1) is 28.3 Å². The molecule has 0 unspecified atom stereocenters. The Morgan fingerprint density at radius 3 is 2.50 bits per heavy atom. The van der Waals surface area contributed by atoms with E-state index in [9.17, 15) is 4.79 Å². The first kappa shape index (κ1) is 22.9. The summed E-state index contributed by atoms with van der Waals surface area (Å²) in [6, 6.07) is 14.8. The molecule has 3 rings (SSSR count). The number of halogens is 3. The van der Waals surface area contributed by atoms with Crippen LogP contribution >= 0.6 is 51.5 Å². The SMILES string of the molecule is Br.CCCCc1nc(NC(=O)c2ccccc2Cl)sc1Cc1ccc(Cl)cc1. The van der Waals surface area contributed by atoms with Crippen molar-refractivity contribution in [2.75, 3.05) is 5.32 Å². The van der Waals surface area contributed by atoms with Gasteiger partial charge in [0.05, 0.1) is 16.3 Å². The molecule has 2 aromatic carbocycles. The average molecular weight is 500 g/mol. The van der Waals surface area contributed by atoms with Gasteiger partial charge in [-0.2, -0.15) is 0 Å². The molecule has 1 N–H and O–H groups in total. The van der Waals surface area contributed by atoms with Crippen molar-refractivity contribution < 1.29 is 4.79 Å². The van der Waals surface area contributed by atoms with E-state index in [4.69, 9.17) is 23.2 Å². The summed E-state index contributed by atoms with van der Waals surface area (Å²) in [6.45, 7) is 2.16. The molecule has 0 saturated carbocycles. The Morgan fingerprint density at radius 2 is 1.82 bits per heavy atom. The van der Waals surface area contributed by atoms with Crippen LogP contribution in [0.4, 0.5) is 5.13 Å². The summed E-state index contributed by atoms with van der Waals surface area (Å²) >= 11 is 13.6. The van der Waals surface area contributed by atoms with Gasteiger partial charge in [0.2, 0.25) is 0 Å². The second kappa shape index (κ2) is 11.0. The van der Waals surface area contributed by atoms with E-state index in [-0.39, 0.29) is 22.9 Å². The number of amides is 1. The Labute approximate surface area is 189 Å².